The fourth-order valence-electron chi connectivity index (χ4n) is 3.38. The van der Waals surface area contributed by atoms with E-state index in [-0.39, 0.29) is 0 Å². The molecule has 0 atom stereocenters. The van der Waals surface area contributed by atoms with Crippen molar-refractivity contribution in [2.45, 2.75) is 45.3 Å². The highest BCUT2D eigenvalue weighted by molar-refractivity contribution is 14.1. The van der Waals surface area contributed by atoms with E-state index >= 15 is 0 Å². The van der Waals surface area contributed by atoms with Crippen LogP contribution >= 0.6 is 22.6 Å². The molecule has 1 aliphatic rings. The molecule has 150 valence electrons. The van der Waals surface area contributed by atoms with Crippen LogP contribution < -0.4 is 4.90 Å². The number of fused-ring (bicyclic) bond motifs is 1. The van der Waals surface area contributed by atoms with Gasteiger partial charge in [-0.15, -0.1) is 0 Å². The molecule has 1 aliphatic heterocycles. The van der Waals surface area contributed by atoms with Gasteiger partial charge in [0.05, 0.1) is 9.09 Å². The Morgan fingerprint density at radius 1 is 1.30 bits per heavy atom. The number of halogens is 1. The molecule has 27 heavy (non-hydrogen) atoms. The first-order valence-corrected chi connectivity index (χ1v) is 14.5. The Bertz CT molecular complexity index is 756. The topological polar surface area (TPSA) is 52.4 Å². The number of ether oxygens (including phenoxy) is 2. The monoisotopic (exact) mass is 502 g/mol. The summed E-state index contributed by atoms with van der Waals surface area (Å²) >= 11 is 2.37. The van der Waals surface area contributed by atoms with Crippen molar-refractivity contribution in [3.05, 3.63) is 16.1 Å². The van der Waals surface area contributed by atoms with Crippen LogP contribution in [-0.4, -0.2) is 56.0 Å². The van der Waals surface area contributed by atoms with Gasteiger partial charge in [0, 0.05) is 41.5 Å². The maximum atomic E-state index is 5.97. The second kappa shape index (κ2) is 9.19. The highest BCUT2D eigenvalue weighted by Gasteiger charge is 2.20. The molecule has 8 heteroatoms. The van der Waals surface area contributed by atoms with E-state index in [1.807, 2.05) is 0 Å². The summed E-state index contributed by atoms with van der Waals surface area (Å²) in [4.78, 5) is 11.4. The van der Waals surface area contributed by atoms with Crippen molar-refractivity contribution in [2.24, 2.45) is 5.92 Å². The van der Waals surface area contributed by atoms with E-state index in [0.29, 0.717) is 12.6 Å². The second-order valence-electron chi connectivity index (χ2n) is 8.61. The van der Waals surface area contributed by atoms with Crippen molar-refractivity contribution < 1.29 is 9.47 Å². The van der Waals surface area contributed by atoms with E-state index in [2.05, 4.69) is 74.8 Å². The molecule has 3 heterocycles. The molecule has 0 aliphatic carbocycles. The molecule has 0 unspecified atom stereocenters. The molecule has 2 aromatic rings. The first-order chi connectivity index (χ1) is 12.8. The lowest BCUT2D eigenvalue weighted by molar-refractivity contribution is 0.0685. The quantitative estimate of drug-likeness (QED) is 0.308. The summed E-state index contributed by atoms with van der Waals surface area (Å²) in [7, 11) is 1.06. The summed E-state index contributed by atoms with van der Waals surface area (Å²) in [6, 6.07) is 3.35. The normalized spacial score (nSPS) is 16.2. The Hall–Kier alpha value is -0.713. The van der Waals surface area contributed by atoms with Crippen LogP contribution in [0.15, 0.2) is 12.4 Å². The van der Waals surface area contributed by atoms with Crippen LogP contribution in [0.4, 0.5) is 5.82 Å². The van der Waals surface area contributed by atoms with Crippen LogP contribution in [0.3, 0.4) is 0 Å². The highest BCUT2D eigenvalue weighted by atomic mass is 127. The summed E-state index contributed by atoms with van der Waals surface area (Å²) in [5.41, 5.74) is 0.955. The van der Waals surface area contributed by atoms with E-state index in [9.17, 15) is 0 Å². The van der Waals surface area contributed by atoms with Crippen LogP contribution in [0.5, 0.6) is 0 Å². The number of hydrogen-bond donors (Lipinski definition) is 0. The summed E-state index contributed by atoms with van der Waals surface area (Å²) in [5.74, 6) is 1.67. The van der Waals surface area contributed by atoms with Gasteiger partial charge in [-0.1, -0.05) is 19.6 Å². The van der Waals surface area contributed by atoms with Crippen LogP contribution in [0.1, 0.15) is 12.8 Å². The molecule has 3 rings (SSSR count). The largest absolute Gasteiger partial charge is 0.381 e. The third-order valence-corrected chi connectivity index (χ3v) is 7.67. The highest BCUT2D eigenvalue weighted by Crippen LogP contribution is 2.28. The van der Waals surface area contributed by atoms with Crippen molar-refractivity contribution in [1.29, 1.82) is 0 Å². The summed E-state index contributed by atoms with van der Waals surface area (Å²) in [5, 5.41) is 1.10. The molecule has 0 amide bonds. The van der Waals surface area contributed by atoms with Crippen molar-refractivity contribution in [3.63, 3.8) is 0 Å². The van der Waals surface area contributed by atoms with Crippen molar-refractivity contribution in [2.75, 3.05) is 38.3 Å². The Balaban J connectivity index is 1.72. The summed E-state index contributed by atoms with van der Waals surface area (Å²) in [6.45, 7) is 11.2. The van der Waals surface area contributed by atoms with E-state index in [4.69, 9.17) is 9.47 Å². The van der Waals surface area contributed by atoms with Crippen molar-refractivity contribution in [3.8, 4) is 0 Å². The minimum Gasteiger partial charge on any atom is -0.381 e. The number of rotatable bonds is 8. The zero-order valence-electron chi connectivity index (χ0n) is 16.9. The van der Waals surface area contributed by atoms with E-state index < -0.39 is 8.07 Å². The van der Waals surface area contributed by atoms with E-state index in [1.165, 1.54) is 6.04 Å². The lowest BCUT2D eigenvalue weighted by Gasteiger charge is -2.28. The van der Waals surface area contributed by atoms with E-state index in [1.54, 1.807) is 6.33 Å². The van der Waals surface area contributed by atoms with Crippen LogP contribution in [0.2, 0.25) is 25.7 Å². The first-order valence-electron chi connectivity index (χ1n) is 9.71. The van der Waals surface area contributed by atoms with Crippen LogP contribution in [0.25, 0.3) is 11.0 Å². The molecular weight excluding hydrogens is 471 g/mol. The molecule has 0 radical (unpaired) electrons. The predicted octanol–water partition coefficient (Wildman–Crippen LogP) is 4.21. The molecule has 0 aromatic carbocycles. The molecule has 6 nitrogen and oxygen atoms in total. The molecular formula is C19H31IN4O2Si. The Kier molecular flexibility index (Phi) is 7.15. The second-order valence-corrected chi connectivity index (χ2v) is 15.3. The number of hydrogen-bond acceptors (Lipinski definition) is 5. The lowest BCUT2D eigenvalue weighted by Crippen LogP contribution is -2.30. The molecule has 0 saturated carbocycles. The molecule has 1 saturated heterocycles. The average molecular weight is 502 g/mol. The summed E-state index contributed by atoms with van der Waals surface area (Å²) in [6.07, 6.45) is 3.93. The maximum Gasteiger partial charge on any atom is 0.148 e. The third kappa shape index (κ3) is 5.64. The zero-order valence-corrected chi connectivity index (χ0v) is 20.0. The van der Waals surface area contributed by atoms with Gasteiger partial charge in [-0.3, -0.25) is 4.57 Å². The molecule has 0 spiro atoms. The summed E-state index contributed by atoms with van der Waals surface area (Å²) < 4.78 is 14.7. The Labute approximate surface area is 176 Å². The van der Waals surface area contributed by atoms with Gasteiger partial charge in [0.25, 0.3) is 0 Å². The predicted molar refractivity (Wildman–Crippen MR) is 121 cm³/mol. The molecule has 1 fully saturated rings. The van der Waals surface area contributed by atoms with Crippen LogP contribution in [-0.2, 0) is 16.2 Å². The van der Waals surface area contributed by atoms with Crippen molar-refractivity contribution in [1.82, 2.24) is 14.5 Å². The van der Waals surface area contributed by atoms with Gasteiger partial charge in [-0.2, -0.15) is 0 Å². The molecule has 0 N–H and O–H groups in total. The standard InChI is InChI=1S/C19H31IN4O2Si/c1-23(12-15-5-7-25-8-6-15)18-16-11-17(20)24(19(16)22-13-21-18)14-26-9-10-27(2,3)4/h11,13,15H,5-10,12,14H2,1-4H3. The minimum absolute atomic E-state index is 0.548. The SMILES string of the molecule is CN(CC1CCOCC1)c1ncnc2c1cc(I)n2COCC[Si](C)(C)C. The van der Waals surface area contributed by atoms with Crippen molar-refractivity contribution >= 4 is 47.5 Å². The smallest absolute Gasteiger partial charge is 0.148 e. The van der Waals surface area contributed by atoms with Gasteiger partial charge in [-0.05, 0) is 53.5 Å². The van der Waals surface area contributed by atoms with Gasteiger partial charge in [-0.25, -0.2) is 9.97 Å². The minimum atomic E-state index is -1.07. The first kappa shape index (κ1) is 21.0. The van der Waals surface area contributed by atoms with E-state index in [0.717, 1.165) is 59.8 Å². The van der Waals surface area contributed by atoms with Gasteiger partial charge in [0.1, 0.15) is 24.5 Å². The number of anilines is 1. The lowest BCUT2D eigenvalue weighted by atomic mass is 10.00. The average Bonchev–Trinajstić information content (AvgIpc) is 2.94. The number of nitrogens with zero attached hydrogens (tertiary/aromatic N) is 4. The van der Waals surface area contributed by atoms with Gasteiger partial charge >= 0.3 is 0 Å². The van der Waals surface area contributed by atoms with Crippen LogP contribution in [0, 0.1) is 9.62 Å². The third-order valence-electron chi connectivity index (χ3n) is 5.07. The molecule has 2 aromatic heterocycles. The van der Waals surface area contributed by atoms with Gasteiger partial charge in [0.2, 0.25) is 0 Å². The van der Waals surface area contributed by atoms with Gasteiger partial charge < -0.3 is 14.4 Å². The molecule has 0 bridgehead atoms. The zero-order chi connectivity index (χ0) is 19.4. The maximum absolute atomic E-state index is 5.97. The fourth-order valence-corrected chi connectivity index (χ4v) is 4.82. The Morgan fingerprint density at radius 3 is 2.74 bits per heavy atom. The van der Waals surface area contributed by atoms with Gasteiger partial charge in [0.15, 0.2) is 0 Å². The Morgan fingerprint density at radius 2 is 2.04 bits per heavy atom. The number of aromatic nitrogens is 3. The fraction of sp³-hybridized carbons (Fsp3) is 0.684.